The van der Waals surface area contributed by atoms with Gasteiger partial charge < -0.3 is 19.4 Å². The molecule has 1 unspecified atom stereocenters. The van der Waals surface area contributed by atoms with E-state index >= 15 is 0 Å². The zero-order valence-electron chi connectivity index (χ0n) is 17.3. The largest absolute Gasteiger partial charge is 0.450 e. The van der Waals surface area contributed by atoms with E-state index in [0.717, 1.165) is 63.2 Å². The SMILES string of the molecule is CCOC(=O)N1CCC(CN2CC[C@H](N3C(=O)C(C)c4cc(F)ccc43)C2)CC1. The lowest BCUT2D eigenvalue weighted by atomic mass is 9.96. The molecule has 7 heteroatoms. The molecule has 3 heterocycles. The predicted octanol–water partition coefficient (Wildman–Crippen LogP) is 3.22. The van der Waals surface area contributed by atoms with Crippen LogP contribution in [0, 0.1) is 11.7 Å². The van der Waals surface area contributed by atoms with Gasteiger partial charge in [-0.05, 0) is 62.8 Å². The van der Waals surface area contributed by atoms with Gasteiger partial charge in [-0.2, -0.15) is 0 Å². The lowest BCUT2D eigenvalue weighted by Gasteiger charge is -2.33. The summed E-state index contributed by atoms with van der Waals surface area (Å²) in [4.78, 5) is 30.8. The molecule has 0 spiro atoms. The Morgan fingerprint density at radius 3 is 2.69 bits per heavy atom. The van der Waals surface area contributed by atoms with Crippen molar-refractivity contribution < 1.29 is 18.7 Å². The molecule has 29 heavy (non-hydrogen) atoms. The number of benzene rings is 1. The van der Waals surface area contributed by atoms with Crippen molar-refractivity contribution in [2.45, 2.75) is 45.1 Å². The van der Waals surface area contributed by atoms with E-state index in [1.54, 1.807) is 11.0 Å². The zero-order valence-corrected chi connectivity index (χ0v) is 17.3. The van der Waals surface area contributed by atoms with Crippen LogP contribution >= 0.6 is 0 Å². The number of piperidine rings is 1. The molecule has 3 aliphatic heterocycles. The highest BCUT2D eigenvalue weighted by atomic mass is 19.1. The van der Waals surface area contributed by atoms with E-state index in [0.29, 0.717) is 12.5 Å². The van der Waals surface area contributed by atoms with Crippen LogP contribution in [0.1, 0.15) is 44.6 Å². The Bertz CT molecular complexity index is 779. The Labute approximate surface area is 171 Å². The summed E-state index contributed by atoms with van der Waals surface area (Å²) in [5.41, 5.74) is 1.68. The number of hydrogen-bond acceptors (Lipinski definition) is 4. The van der Waals surface area contributed by atoms with Gasteiger partial charge >= 0.3 is 6.09 Å². The minimum absolute atomic E-state index is 0.0835. The molecule has 158 valence electrons. The van der Waals surface area contributed by atoms with Crippen LogP contribution in [0.4, 0.5) is 14.9 Å². The average molecular weight is 403 g/mol. The molecule has 0 saturated carbocycles. The molecule has 1 aromatic carbocycles. The molecule has 3 aliphatic rings. The van der Waals surface area contributed by atoms with Crippen molar-refractivity contribution in [3.63, 3.8) is 0 Å². The Morgan fingerprint density at radius 1 is 1.21 bits per heavy atom. The fourth-order valence-electron chi connectivity index (χ4n) is 5.00. The van der Waals surface area contributed by atoms with E-state index in [2.05, 4.69) is 4.90 Å². The van der Waals surface area contributed by atoms with Crippen molar-refractivity contribution in [1.82, 2.24) is 9.80 Å². The fraction of sp³-hybridized carbons (Fsp3) is 0.636. The van der Waals surface area contributed by atoms with Crippen molar-refractivity contribution in [3.05, 3.63) is 29.6 Å². The van der Waals surface area contributed by atoms with Gasteiger partial charge in [0.15, 0.2) is 0 Å². The molecule has 2 atom stereocenters. The molecule has 0 bridgehead atoms. The summed E-state index contributed by atoms with van der Waals surface area (Å²) in [6.07, 6.45) is 2.71. The molecule has 2 amide bonds. The van der Waals surface area contributed by atoms with Crippen LogP contribution in [0.25, 0.3) is 0 Å². The van der Waals surface area contributed by atoms with E-state index in [-0.39, 0.29) is 29.8 Å². The van der Waals surface area contributed by atoms with Crippen LogP contribution in [0.2, 0.25) is 0 Å². The van der Waals surface area contributed by atoms with Gasteiger partial charge in [0.1, 0.15) is 5.82 Å². The molecule has 6 nitrogen and oxygen atoms in total. The van der Waals surface area contributed by atoms with Crippen LogP contribution in [0.3, 0.4) is 0 Å². The van der Waals surface area contributed by atoms with Crippen LogP contribution in [-0.2, 0) is 9.53 Å². The maximum Gasteiger partial charge on any atom is 0.409 e. The summed E-state index contributed by atoms with van der Waals surface area (Å²) in [5.74, 6) is 0.0867. The molecular formula is C22H30FN3O3. The summed E-state index contributed by atoms with van der Waals surface area (Å²) in [6, 6.07) is 4.85. The molecule has 0 radical (unpaired) electrons. The minimum atomic E-state index is -0.285. The second-order valence-electron chi connectivity index (χ2n) is 8.46. The third-order valence-corrected chi connectivity index (χ3v) is 6.59. The lowest BCUT2D eigenvalue weighted by molar-refractivity contribution is -0.119. The first-order valence-electron chi connectivity index (χ1n) is 10.7. The number of rotatable bonds is 4. The second-order valence-corrected chi connectivity index (χ2v) is 8.46. The fourth-order valence-corrected chi connectivity index (χ4v) is 5.00. The quantitative estimate of drug-likeness (QED) is 0.775. The molecule has 0 aromatic heterocycles. The third-order valence-electron chi connectivity index (χ3n) is 6.59. The van der Waals surface area contributed by atoms with E-state index in [1.165, 1.54) is 12.1 Å². The molecular weight excluding hydrogens is 373 g/mol. The first-order chi connectivity index (χ1) is 14.0. The first-order valence-corrected chi connectivity index (χ1v) is 10.7. The zero-order chi connectivity index (χ0) is 20.5. The van der Waals surface area contributed by atoms with Crippen molar-refractivity contribution in [2.24, 2.45) is 5.92 Å². The number of carbonyl (C=O) groups is 2. The van der Waals surface area contributed by atoms with Gasteiger partial charge in [-0.25, -0.2) is 9.18 Å². The van der Waals surface area contributed by atoms with Crippen LogP contribution < -0.4 is 4.90 Å². The van der Waals surface area contributed by atoms with Gasteiger partial charge in [-0.1, -0.05) is 0 Å². The smallest absolute Gasteiger partial charge is 0.409 e. The third kappa shape index (κ3) is 3.97. The molecule has 2 saturated heterocycles. The normalized spacial score (nSPS) is 25.6. The van der Waals surface area contributed by atoms with Crippen molar-refractivity contribution >= 4 is 17.7 Å². The number of halogens is 1. The first kappa shape index (κ1) is 20.1. The minimum Gasteiger partial charge on any atom is -0.450 e. The predicted molar refractivity (Wildman–Crippen MR) is 108 cm³/mol. The number of anilines is 1. The van der Waals surface area contributed by atoms with Crippen LogP contribution in [-0.4, -0.2) is 67.2 Å². The Kier molecular flexibility index (Phi) is 5.76. The van der Waals surface area contributed by atoms with Gasteiger partial charge in [-0.3, -0.25) is 4.79 Å². The van der Waals surface area contributed by atoms with Crippen molar-refractivity contribution in [2.75, 3.05) is 44.2 Å². The average Bonchev–Trinajstić information content (AvgIpc) is 3.26. The Hall–Kier alpha value is -2.15. The van der Waals surface area contributed by atoms with Crippen LogP contribution in [0.5, 0.6) is 0 Å². The highest BCUT2D eigenvalue weighted by molar-refractivity contribution is 6.05. The monoisotopic (exact) mass is 403 g/mol. The number of carbonyl (C=O) groups excluding carboxylic acids is 2. The lowest BCUT2D eigenvalue weighted by Crippen LogP contribution is -2.43. The topological polar surface area (TPSA) is 53.1 Å². The number of hydrogen-bond donors (Lipinski definition) is 0. The van der Waals surface area contributed by atoms with Crippen LogP contribution in [0.15, 0.2) is 18.2 Å². The highest BCUT2D eigenvalue weighted by Crippen LogP contribution is 2.40. The highest BCUT2D eigenvalue weighted by Gasteiger charge is 2.41. The van der Waals surface area contributed by atoms with E-state index < -0.39 is 0 Å². The molecule has 2 fully saturated rings. The van der Waals surface area contributed by atoms with E-state index in [9.17, 15) is 14.0 Å². The molecule has 0 aliphatic carbocycles. The summed E-state index contributed by atoms with van der Waals surface area (Å²) in [6.45, 7) is 8.44. The van der Waals surface area contributed by atoms with Gasteiger partial charge in [-0.15, -0.1) is 0 Å². The van der Waals surface area contributed by atoms with E-state index in [1.807, 2.05) is 18.7 Å². The number of ether oxygens (including phenoxy) is 1. The summed E-state index contributed by atoms with van der Waals surface area (Å²) in [5, 5.41) is 0. The second kappa shape index (κ2) is 8.30. The summed E-state index contributed by atoms with van der Waals surface area (Å²) < 4.78 is 18.7. The molecule has 1 aromatic rings. The summed E-state index contributed by atoms with van der Waals surface area (Å²) >= 11 is 0. The maximum absolute atomic E-state index is 13.6. The maximum atomic E-state index is 13.6. The van der Waals surface area contributed by atoms with Gasteiger partial charge in [0.2, 0.25) is 5.91 Å². The summed E-state index contributed by atoms with van der Waals surface area (Å²) in [7, 11) is 0. The Morgan fingerprint density at radius 2 is 1.97 bits per heavy atom. The standard InChI is InChI=1S/C22H30FN3O3/c1-3-29-22(28)25-10-6-16(7-11-25)13-24-9-8-18(14-24)26-20-5-4-17(23)12-19(20)15(2)21(26)27/h4-5,12,15-16,18H,3,6-11,13-14H2,1-2H3/t15?,18-/m0/s1. The van der Waals surface area contributed by atoms with Gasteiger partial charge in [0, 0.05) is 38.4 Å². The van der Waals surface area contributed by atoms with E-state index in [4.69, 9.17) is 4.74 Å². The Balaban J connectivity index is 1.33. The molecule has 4 rings (SSSR count). The number of amides is 2. The number of fused-ring (bicyclic) bond motifs is 1. The van der Waals surface area contributed by atoms with Crippen molar-refractivity contribution in [3.8, 4) is 0 Å². The van der Waals surface area contributed by atoms with Gasteiger partial charge in [0.05, 0.1) is 18.6 Å². The van der Waals surface area contributed by atoms with Gasteiger partial charge in [0.25, 0.3) is 0 Å². The number of likely N-dealkylation sites (tertiary alicyclic amines) is 2. The molecule has 0 N–H and O–H groups in total. The van der Waals surface area contributed by atoms with Crippen molar-refractivity contribution in [1.29, 1.82) is 0 Å². The number of nitrogens with zero attached hydrogens (tertiary/aromatic N) is 3.